The fourth-order valence-corrected chi connectivity index (χ4v) is 3.32. The lowest BCUT2D eigenvalue weighted by Gasteiger charge is -2.20. The van der Waals surface area contributed by atoms with E-state index in [9.17, 15) is 9.59 Å². The molecule has 2 rings (SSSR count). The van der Waals surface area contributed by atoms with Gasteiger partial charge in [-0.15, -0.1) is 0 Å². The third-order valence-electron chi connectivity index (χ3n) is 5.00. The van der Waals surface area contributed by atoms with Gasteiger partial charge in [0, 0.05) is 25.2 Å². The van der Waals surface area contributed by atoms with Gasteiger partial charge >= 0.3 is 0 Å². The van der Waals surface area contributed by atoms with Crippen LogP contribution in [0, 0.1) is 19.8 Å². The second-order valence-corrected chi connectivity index (χ2v) is 6.87. The summed E-state index contributed by atoms with van der Waals surface area (Å²) in [5, 5.41) is 3.00. The highest BCUT2D eigenvalue weighted by Gasteiger charge is 2.35. The Morgan fingerprint density at radius 1 is 1.28 bits per heavy atom. The molecule has 5 heteroatoms. The van der Waals surface area contributed by atoms with Crippen LogP contribution in [-0.4, -0.2) is 49.4 Å². The van der Waals surface area contributed by atoms with Gasteiger partial charge in [-0.3, -0.25) is 9.59 Å². The normalized spacial score (nSPS) is 17.4. The summed E-state index contributed by atoms with van der Waals surface area (Å²) in [7, 11) is 0. The van der Waals surface area contributed by atoms with Gasteiger partial charge in [0.25, 0.3) is 0 Å². The zero-order valence-corrected chi connectivity index (χ0v) is 16.0. The molecule has 1 aliphatic heterocycles. The highest BCUT2D eigenvalue weighted by Crippen LogP contribution is 2.28. The molecule has 1 aromatic carbocycles. The minimum absolute atomic E-state index is 0.000651. The molecule has 0 saturated carbocycles. The fourth-order valence-electron chi connectivity index (χ4n) is 3.32. The fraction of sp³-hybridized carbons (Fsp3) is 0.600. The van der Waals surface area contributed by atoms with Crippen LogP contribution in [0.1, 0.15) is 37.8 Å². The van der Waals surface area contributed by atoms with Crippen LogP contribution in [0.5, 0.6) is 0 Å². The van der Waals surface area contributed by atoms with Gasteiger partial charge in [-0.2, -0.15) is 0 Å². The van der Waals surface area contributed by atoms with Crippen molar-refractivity contribution in [2.24, 2.45) is 5.92 Å². The lowest BCUT2D eigenvalue weighted by molar-refractivity contribution is -0.126. The summed E-state index contributed by atoms with van der Waals surface area (Å²) in [4.78, 5) is 28.9. The Labute approximate surface area is 151 Å². The standard InChI is InChI=1S/C20H31N3O2/c1-5-22(6-2)11-7-10-21-20(25)17-13-19(24)23(14-17)18-12-15(3)8-9-16(18)4/h8-9,12,17H,5-7,10-11,13-14H2,1-4H3,(H,21,25). The molecule has 25 heavy (non-hydrogen) atoms. The van der Waals surface area contributed by atoms with Crippen molar-refractivity contribution < 1.29 is 9.59 Å². The van der Waals surface area contributed by atoms with E-state index in [1.54, 1.807) is 4.90 Å². The van der Waals surface area contributed by atoms with Crippen molar-refractivity contribution in [2.45, 2.75) is 40.5 Å². The largest absolute Gasteiger partial charge is 0.356 e. The quantitative estimate of drug-likeness (QED) is 0.737. The predicted molar refractivity (Wildman–Crippen MR) is 102 cm³/mol. The number of hydrogen-bond donors (Lipinski definition) is 1. The van der Waals surface area contributed by atoms with Crippen LogP contribution in [-0.2, 0) is 9.59 Å². The number of nitrogens with one attached hydrogen (secondary N) is 1. The number of carbonyl (C=O) groups excluding carboxylic acids is 2. The molecular formula is C20H31N3O2. The van der Waals surface area contributed by atoms with Crippen LogP contribution in [0.3, 0.4) is 0 Å². The average molecular weight is 345 g/mol. The number of carbonyl (C=O) groups is 2. The number of rotatable bonds is 8. The minimum atomic E-state index is -0.249. The van der Waals surface area contributed by atoms with Gasteiger partial charge in [-0.1, -0.05) is 26.0 Å². The van der Waals surface area contributed by atoms with Crippen LogP contribution in [0.25, 0.3) is 0 Å². The molecule has 1 aromatic rings. The molecule has 0 spiro atoms. The van der Waals surface area contributed by atoms with E-state index >= 15 is 0 Å². The van der Waals surface area contributed by atoms with Crippen molar-refractivity contribution in [3.05, 3.63) is 29.3 Å². The van der Waals surface area contributed by atoms with Gasteiger partial charge < -0.3 is 15.1 Å². The summed E-state index contributed by atoms with van der Waals surface area (Å²) in [6.45, 7) is 12.5. The van der Waals surface area contributed by atoms with E-state index in [1.807, 2.05) is 32.0 Å². The molecule has 1 N–H and O–H groups in total. The van der Waals surface area contributed by atoms with Crippen LogP contribution in [0.2, 0.25) is 0 Å². The second kappa shape index (κ2) is 8.99. The molecule has 0 bridgehead atoms. The number of aryl methyl sites for hydroxylation is 2. The van der Waals surface area contributed by atoms with E-state index in [4.69, 9.17) is 0 Å². The summed E-state index contributed by atoms with van der Waals surface area (Å²) < 4.78 is 0. The Kier molecular flexibility index (Phi) is 7.00. The zero-order chi connectivity index (χ0) is 18.4. The van der Waals surface area contributed by atoms with E-state index in [1.165, 1.54) is 0 Å². The van der Waals surface area contributed by atoms with Gasteiger partial charge in [0.2, 0.25) is 11.8 Å². The molecule has 1 atom stereocenters. The van der Waals surface area contributed by atoms with Gasteiger partial charge in [-0.25, -0.2) is 0 Å². The first kappa shape index (κ1) is 19.4. The summed E-state index contributed by atoms with van der Waals surface area (Å²) in [5.74, 6) is -0.210. The Bertz CT molecular complexity index is 611. The highest BCUT2D eigenvalue weighted by atomic mass is 16.2. The number of nitrogens with zero attached hydrogens (tertiary/aromatic N) is 2. The maximum Gasteiger partial charge on any atom is 0.227 e. The van der Waals surface area contributed by atoms with Crippen molar-refractivity contribution >= 4 is 17.5 Å². The van der Waals surface area contributed by atoms with E-state index in [0.717, 1.165) is 42.9 Å². The predicted octanol–water partition coefficient (Wildman–Crippen LogP) is 2.50. The lowest BCUT2D eigenvalue weighted by atomic mass is 10.1. The summed E-state index contributed by atoms with van der Waals surface area (Å²) >= 11 is 0. The molecule has 1 unspecified atom stereocenters. The van der Waals surface area contributed by atoms with Gasteiger partial charge in [0.1, 0.15) is 0 Å². The van der Waals surface area contributed by atoms with Crippen LogP contribution in [0.4, 0.5) is 5.69 Å². The first-order valence-corrected chi connectivity index (χ1v) is 9.33. The minimum Gasteiger partial charge on any atom is -0.356 e. The SMILES string of the molecule is CCN(CC)CCCNC(=O)C1CC(=O)N(c2cc(C)ccc2C)C1. The third-order valence-corrected chi connectivity index (χ3v) is 5.00. The van der Waals surface area contributed by atoms with Crippen molar-refractivity contribution in [2.75, 3.05) is 37.6 Å². The molecule has 0 aromatic heterocycles. The van der Waals surface area contributed by atoms with E-state index in [2.05, 4.69) is 24.1 Å². The first-order valence-electron chi connectivity index (χ1n) is 9.33. The number of benzene rings is 1. The summed E-state index contributed by atoms with van der Waals surface area (Å²) in [5.41, 5.74) is 3.12. The maximum atomic E-state index is 12.4. The van der Waals surface area contributed by atoms with Crippen molar-refractivity contribution in [1.29, 1.82) is 0 Å². The Balaban J connectivity index is 1.87. The molecule has 1 aliphatic rings. The van der Waals surface area contributed by atoms with Crippen molar-refractivity contribution in [3.8, 4) is 0 Å². The summed E-state index contributed by atoms with van der Waals surface area (Å²) in [6.07, 6.45) is 1.24. The summed E-state index contributed by atoms with van der Waals surface area (Å²) in [6, 6.07) is 6.09. The van der Waals surface area contributed by atoms with Crippen molar-refractivity contribution in [3.63, 3.8) is 0 Å². The Morgan fingerprint density at radius 2 is 2.00 bits per heavy atom. The van der Waals surface area contributed by atoms with Gasteiger partial charge in [0.15, 0.2) is 0 Å². The molecule has 0 radical (unpaired) electrons. The van der Waals surface area contributed by atoms with Crippen LogP contribution >= 0.6 is 0 Å². The molecule has 0 aliphatic carbocycles. The van der Waals surface area contributed by atoms with Gasteiger partial charge in [-0.05, 0) is 57.1 Å². The highest BCUT2D eigenvalue weighted by molar-refractivity contribution is 6.00. The third kappa shape index (κ3) is 5.05. The van der Waals surface area contributed by atoms with Crippen molar-refractivity contribution in [1.82, 2.24) is 10.2 Å². The zero-order valence-electron chi connectivity index (χ0n) is 16.0. The average Bonchev–Trinajstić information content (AvgIpc) is 2.98. The Morgan fingerprint density at radius 3 is 2.68 bits per heavy atom. The van der Waals surface area contributed by atoms with Gasteiger partial charge in [0.05, 0.1) is 5.92 Å². The molecule has 138 valence electrons. The van der Waals surface area contributed by atoms with Crippen LogP contribution < -0.4 is 10.2 Å². The van der Waals surface area contributed by atoms with E-state index in [-0.39, 0.29) is 17.7 Å². The Hall–Kier alpha value is -1.88. The smallest absolute Gasteiger partial charge is 0.227 e. The lowest BCUT2D eigenvalue weighted by Crippen LogP contribution is -2.35. The number of anilines is 1. The maximum absolute atomic E-state index is 12.4. The molecule has 1 heterocycles. The molecule has 1 fully saturated rings. The number of amides is 2. The second-order valence-electron chi connectivity index (χ2n) is 6.87. The van der Waals surface area contributed by atoms with Crippen LogP contribution in [0.15, 0.2) is 18.2 Å². The monoisotopic (exact) mass is 345 g/mol. The molecule has 2 amide bonds. The topological polar surface area (TPSA) is 52.7 Å². The first-order chi connectivity index (χ1) is 12.0. The number of hydrogen-bond acceptors (Lipinski definition) is 3. The van der Waals surface area contributed by atoms with E-state index < -0.39 is 0 Å². The molecule has 5 nitrogen and oxygen atoms in total. The molecule has 1 saturated heterocycles. The van der Waals surface area contributed by atoms with E-state index in [0.29, 0.717) is 19.5 Å². The molecular weight excluding hydrogens is 314 g/mol.